The molecule has 1 heterocycles. The summed E-state index contributed by atoms with van der Waals surface area (Å²) in [7, 11) is 2.86. The van der Waals surface area contributed by atoms with Crippen molar-refractivity contribution in [2.45, 2.75) is 70.4 Å². The molecule has 0 aliphatic heterocycles. The van der Waals surface area contributed by atoms with E-state index >= 15 is 0 Å². The zero-order valence-corrected chi connectivity index (χ0v) is 20.3. The Bertz CT molecular complexity index is 693. The molecule has 6 nitrogen and oxygen atoms in total. The number of nitrogens with zero attached hydrogens (tertiary/aromatic N) is 2. The molecule has 8 heteroatoms. The van der Waals surface area contributed by atoms with Gasteiger partial charge in [-0.2, -0.15) is 0 Å². The van der Waals surface area contributed by atoms with Gasteiger partial charge in [0.15, 0.2) is 0 Å². The summed E-state index contributed by atoms with van der Waals surface area (Å²) in [5.41, 5.74) is 0.188. The van der Waals surface area contributed by atoms with Crippen molar-refractivity contribution < 1.29 is 19.1 Å². The van der Waals surface area contributed by atoms with Crippen LogP contribution in [0.5, 0.6) is 0 Å². The van der Waals surface area contributed by atoms with E-state index in [2.05, 4.69) is 16.3 Å². The third kappa shape index (κ3) is 8.54. The van der Waals surface area contributed by atoms with E-state index in [-0.39, 0.29) is 11.9 Å². The number of aromatic nitrogens is 2. The van der Waals surface area contributed by atoms with Crippen LogP contribution in [0, 0.1) is 17.8 Å². The third-order valence-corrected chi connectivity index (χ3v) is 6.93. The number of carbonyl (C=O) groups is 2. The van der Waals surface area contributed by atoms with Crippen LogP contribution >= 0.6 is 23.5 Å². The molecule has 1 aromatic rings. The Hall–Kier alpha value is -1.28. The predicted molar refractivity (Wildman–Crippen MR) is 118 cm³/mol. The minimum atomic E-state index is -0.459. The summed E-state index contributed by atoms with van der Waals surface area (Å²) in [5, 5.41) is 10.5. The number of hydrogen-bond acceptors (Lipinski definition) is 8. The number of aryl methyl sites for hydroxylation is 1. The normalized spacial score (nSPS) is 12.0. The fraction of sp³-hybridized carbons (Fsp3) is 0.714. The molecule has 0 fully saturated rings. The highest BCUT2D eigenvalue weighted by Gasteiger charge is 2.28. The van der Waals surface area contributed by atoms with E-state index < -0.39 is 10.8 Å². The average Bonchev–Trinajstić information content (AvgIpc) is 2.68. The molecule has 0 spiro atoms. The van der Waals surface area contributed by atoms with Crippen LogP contribution in [0.25, 0.3) is 0 Å². The van der Waals surface area contributed by atoms with Gasteiger partial charge in [-0.25, -0.2) is 0 Å². The number of hydrogen-bond donors (Lipinski definition) is 0. The lowest BCUT2D eigenvalue weighted by Crippen LogP contribution is -2.25. The molecule has 0 bridgehead atoms. The smallest absolute Gasteiger partial charge is 0.311 e. The quantitative estimate of drug-likeness (QED) is 0.256. The standard InChI is InChI=1S/C21H34N2O4S2/c1-15-14-16(28-12-8-10-20(2,3)18(24)26-6)22-23-17(15)29-13-9-11-21(4,5)19(25)27-7/h14H,8-13H2,1-7H3. The van der Waals surface area contributed by atoms with E-state index in [1.54, 1.807) is 23.5 Å². The molecule has 0 saturated heterocycles. The number of thioether (sulfide) groups is 2. The lowest BCUT2D eigenvalue weighted by Gasteiger charge is -2.21. The molecule has 0 aliphatic carbocycles. The van der Waals surface area contributed by atoms with Gasteiger partial charge in [-0.1, -0.05) is 0 Å². The summed E-state index contributed by atoms with van der Waals surface area (Å²) >= 11 is 3.32. The molecular formula is C21H34N2O4S2. The maximum Gasteiger partial charge on any atom is 0.311 e. The van der Waals surface area contributed by atoms with Crippen molar-refractivity contribution in [2.75, 3.05) is 25.7 Å². The average molecular weight is 443 g/mol. The van der Waals surface area contributed by atoms with E-state index in [1.807, 2.05) is 34.6 Å². The third-order valence-electron chi connectivity index (χ3n) is 4.77. The molecule has 0 aromatic carbocycles. The Balaban J connectivity index is 2.42. The summed E-state index contributed by atoms with van der Waals surface area (Å²) < 4.78 is 9.69. The zero-order valence-electron chi connectivity index (χ0n) is 18.7. The van der Waals surface area contributed by atoms with Crippen molar-refractivity contribution in [1.82, 2.24) is 10.2 Å². The van der Waals surface area contributed by atoms with Crippen molar-refractivity contribution in [3.05, 3.63) is 11.6 Å². The fourth-order valence-corrected chi connectivity index (χ4v) is 4.52. The van der Waals surface area contributed by atoms with E-state index in [0.29, 0.717) is 0 Å². The molecule has 0 radical (unpaired) electrons. The Morgan fingerprint density at radius 1 is 0.897 bits per heavy atom. The molecule has 0 unspecified atom stereocenters. The van der Waals surface area contributed by atoms with Gasteiger partial charge in [-0.3, -0.25) is 9.59 Å². The first-order valence-corrected chi connectivity index (χ1v) is 11.8. The number of rotatable bonds is 12. The molecule has 0 aliphatic rings. The summed E-state index contributed by atoms with van der Waals surface area (Å²) in [6.45, 7) is 9.68. The van der Waals surface area contributed by atoms with Crippen molar-refractivity contribution in [1.29, 1.82) is 0 Å². The van der Waals surface area contributed by atoms with Gasteiger partial charge in [0, 0.05) is 0 Å². The maximum absolute atomic E-state index is 11.7. The molecule has 0 N–H and O–H groups in total. The van der Waals surface area contributed by atoms with Crippen LogP contribution in [0.15, 0.2) is 16.1 Å². The second-order valence-corrected chi connectivity index (χ2v) is 10.5. The Morgan fingerprint density at radius 2 is 1.38 bits per heavy atom. The van der Waals surface area contributed by atoms with Gasteiger partial charge in [0.05, 0.1) is 25.0 Å². The maximum atomic E-state index is 11.7. The lowest BCUT2D eigenvalue weighted by molar-refractivity contribution is -0.151. The second-order valence-electron chi connectivity index (χ2n) is 8.33. The molecular weight excluding hydrogens is 408 g/mol. The molecule has 0 saturated carbocycles. The van der Waals surface area contributed by atoms with Crippen LogP contribution in [-0.4, -0.2) is 47.9 Å². The highest BCUT2D eigenvalue weighted by Crippen LogP contribution is 2.29. The van der Waals surface area contributed by atoms with Crippen molar-refractivity contribution in [3.63, 3.8) is 0 Å². The zero-order chi connectivity index (χ0) is 22.1. The Kier molecular flexibility index (Phi) is 10.5. The summed E-state index contributed by atoms with van der Waals surface area (Å²) in [5.74, 6) is 1.42. The first-order chi connectivity index (χ1) is 13.5. The van der Waals surface area contributed by atoms with Crippen LogP contribution in [0.4, 0.5) is 0 Å². The molecule has 1 aromatic heterocycles. The topological polar surface area (TPSA) is 78.4 Å². The number of carbonyl (C=O) groups excluding carboxylic acids is 2. The van der Waals surface area contributed by atoms with E-state index in [9.17, 15) is 9.59 Å². The number of ether oxygens (including phenoxy) is 2. The fourth-order valence-electron chi connectivity index (χ4n) is 2.79. The molecule has 0 atom stereocenters. The highest BCUT2D eigenvalue weighted by atomic mass is 32.2. The van der Waals surface area contributed by atoms with Crippen LogP contribution < -0.4 is 0 Å². The first-order valence-electron chi connectivity index (χ1n) is 9.80. The lowest BCUT2D eigenvalue weighted by atomic mass is 9.88. The van der Waals surface area contributed by atoms with Gasteiger partial charge in [0.25, 0.3) is 0 Å². The molecule has 164 valence electrons. The van der Waals surface area contributed by atoms with Crippen LogP contribution in [0.3, 0.4) is 0 Å². The Morgan fingerprint density at radius 3 is 1.83 bits per heavy atom. The predicted octanol–water partition coefficient (Wildman–Crippen LogP) is 4.93. The first kappa shape index (κ1) is 25.8. The van der Waals surface area contributed by atoms with Gasteiger partial charge in [0.2, 0.25) is 0 Å². The minimum Gasteiger partial charge on any atom is -0.469 e. The Labute approximate surface area is 183 Å². The van der Waals surface area contributed by atoms with Crippen molar-refractivity contribution in [2.24, 2.45) is 10.8 Å². The van der Waals surface area contributed by atoms with Gasteiger partial charge in [-0.05, 0) is 83.4 Å². The summed E-state index contributed by atoms with van der Waals surface area (Å²) in [6.07, 6.45) is 3.35. The summed E-state index contributed by atoms with van der Waals surface area (Å²) in [4.78, 5) is 23.4. The second kappa shape index (κ2) is 11.8. The monoisotopic (exact) mass is 442 g/mol. The summed E-state index contributed by atoms with van der Waals surface area (Å²) in [6, 6.07) is 2.06. The molecule has 0 amide bonds. The molecule has 1 rings (SSSR count). The van der Waals surface area contributed by atoms with E-state index in [0.717, 1.165) is 52.8 Å². The van der Waals surface area contributed by atoms with Gasteiger partial charge in [0.1, 0.15) is 10.1 Å². The highest BCUT2D eigenvalue weighted by molar-refractivity contribution is 7.99. The minimum absolute atomic E-state index is 0.171. The van der Waals surface area contributed by atoms with Crippen LogP contribution in [-0.2, 0) is 19.1 Å². The SMILES string of the molecule is COC(=O)C(C)(C)CCCSc1cc(C)c(SCCCC(C)(C)C(=O)OC)nn1. The number of methoxy groups -OCH3 is 2. The van der Waals surface area contributed by atoms with Gasteiger partial charge in [-0.15, -0.1) is 33.7 Å². The number of esters is 2. The van der Waals surface area contributed by atoms with Crippen molar-refractivity contribution >= 4 is 35.5 Å². The molecule has 29 heavy (non-hydrogen) atoms. The van der Waals surface area contributed by atoms with Crippen molar-refractivity contribution in [3.8, 4) is 0 Å². The largest absolute Gasteiger partial charge is 0.469 e. The van der Waals surface area contributed by atoms with E-state index in [1.165, 1.54) is 14.2 Å². The van der Waals surface area contributed by atoms with Gasteiger partial charge >= 0.3 is 11.9 Å². The van der Waals surface area contributed by atoms with Gasteiger partial charge < -0.3 is 9.47 Å². The van der Waals surface area contributed by atoms with Crippen LogP contribution in [0.1, 0.15) is 58.9 Å². The van der Waals surface area contributed by atoms with E-state index in [4.69, 9.17) is 9.47 Å². The van der Waals surface area contributed by atoms with Crippen LogP contribution in [0.2, 0.25) is 0 Å².